The summed E-state index contributed by atoms with van der Waals surface area (Å²) in [4.78, 5) is 3.98. The zero-order valence-corrected chi connectivity index (χ0v) is 7.41. The van der Waals surface area contributed by atoms with Gasteiger partial charge in [-0.05, 0) is 12.3 Å². The zero-order chi connectivity index (χ0) is 8.27. The van der Waals surface area contributed by atoms with Gasteiger partial charge in [-0.2, -0.15) is 5.26 Å². The fraction of sp³-hybridized carbons (Fsp3) is 0.143. The molecule has 0 amide bonds. The minimum Gasteiger partial charge on any atom is -0.247 e. The molecule has 0 saturated heterocycles. The highest BCUT2D eigenvalue weighted by Crippen LogP contribution is 2.22. The van der Waals surface area contributed by atoms with Crippen LogP contribution >= 0.6 is 23.4 Å². The summed E-state index contributed by atoms with van der Waals surface area (Å²) in [5.74, 6) is 0. The third-order valence-electron chi connectivity index (χ3n) is 1.13. The Kier molecular flexibility index (Phi) is 2.75. The van der Waals surface area contributed by atoms with Gasteiger partial charge in [0.1, 0.15) is 11.1 Å². The molecule has 0 aliphatic rings. The van der Waals surface area contributed by atoms with Gasteiger partial charge < -0.3 is 0 Å². The summed E-state index contributed by atoms with van der Waals surface area (Å²) in [6.45, 7) is 0. The van der Waals surface area contributed by atoms with Crippen molar-refractivity contribution in [3.8, 4) is 6.07 Å². The van der Waals surface area contributed by atoms with E-state index in [4.69, 9.17) is 16.9 Å². The average molecular weight is 185 g/mol. The molecule has 1 rings (SSSR count). The van der Waals surface area contributed by atoms with Crippen molar-refractivity contribution in [3.63, 3.8) is 0 Å². The van der Waals surface area contributed by atoms with Crippen LogP contribution in [-0.4, -0.2) is 11.2 Å². The normalized spacial score (nSPS) is 9.18. The van der Waals surface area contributed by atoms with Crippen LogP contribution in [0.5, 0.6) is 0 Å². The maximum absolute atomic E-state index is 8.47. The Bertz CT molecular complexity index is 306. The van der Waals surface area contributed by atoms with Crippen LogP contribution in [0.25, 0.3) is 0 Å². The number of hydrogen-bond acceptors (Lipinski definition) is 3. The van der Waals surface area contributed by atoms with Gasteiger partial charge in [-0.25, -0.2) is 4.98 Å². The number of nitrogens with zero attached hydrogens (tertiary/aromatic N) is 2. The zero-order valence-electron chi connectivity index (χ0n) is 5.84. The van der Waals surface area contributed by atoms with Crippen molar-refractivity contribution >= 4 is 23.4 Å². The summed E-state index contributed by atoms with van der Waals surface area (Å²) in [6, 6.07) is 3.57. The molecule has 0 spiro atoms. The van der Waals surface area contributed by atoms with Crippen molar-refractivity contribution in [1.82, 2.24) is 4.98 Å². The minimum absolute atomic E-state index is 0.493. The van der Waals surface area contributed by atoms with Gasteiger partial charge in [-0.15, -0.1) is 11.8 Å². The first-order chi connectivity index (χ1) is 5.27. The van der Waals surface area contributed by atoms with E-state index >= 15 is 0 Å². The van der Waals surface area contributed by atoms with E-state index in [0.29, 0.717) is 10.6 Å². The van der Waals surface area contributed by atoms with Crippen molar-refractivity contribution in [1.29, 1.82) is 5.26 Å². The molecule has 0 fully saturated rings. The Morgan fingerprint density at radius 2 is 2.45 bits per heavy atom. The van der Waals surface area contributed by atoms with E-state index in [1.54, 1.807) is 6.07 Å². The molecule has 0 unspecified atom stereocenters. The lowest BCUT2D eigenvalue weighted by Gasteiger charge is -1.97. The molecular formula is C7H5ClN2S. The number of hydrogen-bond donors (Lipinski definition) is 0. The molecule has 0 aliphatic heterocycles. The van der Waals surface area contributed by atoms with Gasteiger partial charge in [0.15, 0.2) is 0 Å². The van der Waals surface area contributed by atoms with E-state index in [1.807, 2.05) is 12.3 Å². The first-order valence-electron chi connectivity index (χ1n) is 2.87. The van der Waals surface area contributed by atoms with Gasteiger partial charge >= 0.3 is 0 Å². The SMILES string of the molecule is CSc1ncc(C#N)cc1Cl. The van der Waals surface area contributed by atoms with Gasteiger partial charge in [0.2, 0.25) is 0 Å². The Labute approximate surface area is 74.2 Å². The highest BCUT2D eigenvalue weighted by molar-refractivity contribution is 7.98. The molecule has 0 bridgehead atoms. The van der Waals surface area contributed by atoms with Crippen molar-refractivity contribution < 1.29 is 0 Å². The fourth-order valence-electron chi connectivity index (χ4n) is 0.637. The number of halogens is 1. The summed E-state index contributed by atoms with van der Waals surface area (Å²) >= 11 is 7.24. The van der Waals surface area contributed by atoms with E-state index in [9.17, 15) is 0 Å². The summed E-state index contributed by atoms with van der Waals surface area (Å²) in [5.41, 5.74) is 0.493. The molecule has 0 atom stereocenters. The highest BCUT2D eigenvalue weighted by atomic mass is 35.5. The second kappa shape index (κ2) is 3.61. The first-order valence-corrected chi connectivity index (χ1v) is 4.48. The second-order valence-corrected chi connectivity index (χ2v) is 3.03. The van der Waals surface area contributed by atoms with Crippen molar-refractivity contribution in [2.24, 2.45) is 0 Å². The molecule has 11 heavy (non-hydrogen) atoms. The number of rotatable bonds is 1. The molecule has 1 heterocycles. The number of aromatic nitrogens is 1. The van der Waals surface area contributed by atoms with Gasteiger partial charge in [-0.3, -0.25) is 0 Å². The van der Waals surface area contributed by atoms with Crippen molar-refractivity contribution in [2.45, 2.75) is 5.03 Å². The highest BCUT2D eigenvalue weighted by Gasteiger charge is 2.00. The van der Waals surface area contributed by atoms with Crippen molar-refractivity contribution in [2.75, 3.05) is 6.26 Å². The van der Waals surface area contributed by atoms with Gasteiger partial charge in [-0.1, -0.05) is 11.6 Å². The van der Waals surface area contributed by atoms with Crippen LogP contribution in [0, 0.1) is 11.3 Å². The van der Waals surface area contributed by atoms with Gasteiger partial charge in [0.25, 0.3) is 0 Å². The van der Waals surface area contributed by atoms with Crippen LogP contribution in [0.2, 0.25) is 5.02 Å². The quantitative estimate of drug-likeness (QED) is 0.629. The molecule has 2 nitrogen and oxygen atoms in total. The maximum atomic E-state index is 8.47. The molecule has 0 aliphatic carbocycles. The van der Waals surface area contributed by atoms with E-state index < -0.39 is 0 Å². The molecule has 0 radical (unpaired) electrons. The third-order valence-corrected chi connectivity index (χ3v) is 2.24. The summed E-state index contributed by atoms with van der Waals surface area (Å²) in [6.07, 6.45) is 3.40. The molecular weight excluding hydrogens is 180 g/mol. The minimum atomic E-state index is 0.493. The Balaban J connectivity index is 3.12. The molecule has 0 N–H and O–H groups in total. The average Bonchev–Trinajstić information content (AvgIpc) is 2.04. The van der Waals surface area contributed by atoms with E-state index in [-0.39, 0.29) is 0 Å². The lowest BCUT2D eigenvalue weighted by Crippen LogP contribution is -1.82. The molecule has 56 valence electrons. The Morgan fingerprint density at radius 1 is 1.73 bits per heavy atom. The smallest absolute Gasteiger partial charge is 0.114 e. The Morgan fingerprint density at radius 3 is 2.91 bits per heavy atom. The van der Waals surface area contributed by atoms with Crippen LogP contribution in [0.15, 0.2) is 17.3 Å². The van der Waals surface area contributed by atoms with Gasteiger partial charge in [0, 0.05) is 6.20 Å². The van der Waals surface area contributed by atoms with Crippen LogP contribution in [-0.2, 0) is 0 Å². The fourth-order valence-corrected chi connectivity index (χ4v) is 1.45. The molecule has 1 aromatic rings. The standard InChI is InChI=1S/C7H5ClN2S/c1-11-7-6(8)2-5(3-9)4-10-7/h2,4H,1H3. The van der Waals surface area contributed by atoms with E-state index in [1.165, 1.54) is 18.0 Å². The van der Waals surface area contributed by atoms with Crippen LogP contribution in [0.3, 0.4) is 0 Å². The molecule has 1 aromatic heterocycles. The number of thioether (sulfide) groups is 1. The molecule has 4 heteroatoms. The predicted octanol–water partition coefficient (Wildman–Crippen LogP) is 2.33. The van der Waals surface area contributed by atoms with Crippen LogP contribution < -0.4 is 0 Å². The third kappa shape index (κ3) is 1.86. The molecule has 0 saturated carbocycles. The van der Waals surface area contributed by atoms with Crippen molar-refractivity contribution in [3.05, 3.63) is 22.8 Å². The number of pyridine rings is 1. The molecule has 0 aromatic carbocycles. The first kappa shape index (κ1) is 8.38. The largest absolute Gasteiger partial charge is 0.247 e. The lowest BCUT2D eigenvalue weighted by atomic mass is 10.3. The Hall–Kier alpha value is -0.720. The number of nitriles is 1. The lowest BCUT2D eigenvalue weighted by molar-refractivity contribution is 1.13. The van der Waals surface area contributed by atoms with Crippen LogP contribution in [0.1, 0.15) is 5.56 Å². The summed E-state index contributed by atoms with van der Waals surface area (Å²) < 4.78 is 0. The second-order valence-electron chi connectivity index (χ2n) is 1.83. The van der Waals surface area contributed by atoms with E-state index in [0.717, 1.165) is 5.03 Å². The summed E-state index contributed by atoms with van der Waals surface area (Å²) in [7, 11) is 0. The monoisotopic (exact) mass is 184 g/mol. The van der Waals surface area contributed by atoms with E-state index in [2.05, 4.69) is 4.98 Å². The predicted molar refractivity (Wildman–Crippen MR) is 45.7 cm³/mol. The van der Waals surface area contributed by atoms with Gasteiger partial charge in [0.05, 0.1) is 10.6 Å². The van der Waals surface area contributed by atoms with Crippen LogP contribution in [0.4, 0.5) is 0 Å². The topological polar surface area (TPSA) is 36.7 Å². The maximum Gasteiger partial charge on any atom is 0.114 e. The summed E-state index contributed by atoms with van der Waals surface area (Å²) in [5, 5.41) is 9.76.